The predicted molar refractivity (Wildman–Crippen MR) is 166 cm³/mol. The normalized spacial score (nSPS) is 13.5. The van der Waals surface area contributed by atoms with Crippen molar-refractivity contribution in [2.24, 2.45) is 5.92 Å². The first kappa shape index (κ1) is 34.0. The number of carbonyl (C=O) groups is 3. The van der Waals surface area contributed by atoms with Crippen molar-refractivity contribution in [1.82, 2.24) is 5.32 Å². The van der Waals surface area contributed by atoms with E-state index in [1.165, 1.54) is 25.3 Å². The first-order chi connectivity index (χ1) is 19.8. The van der Waals surface area contributed by atoms with Crippen LogP contribution in [0.25, 0.3) is 11.1 Å². The molecule has 41 heavy (non-hydrogen) atoms. The van der Waals surface area contributed by atoms with Crippen LogP contribution in [0.2, 0.25) is 0 Å². The minimum atomic E-state index is -2.21. The highest BCUT2D eigenvalue weighted by Crippen LogP contribution is 2.22. The molecule has 2 rings (SSSR count). The first-order valence-corrected chi connectivity index (χ1v) is 15.3. The minimum absolute atomic E-state index is 0.334. The number of aliphatic carboxylic acids is 1. The number of unbranched alkanes of at least 4 members (excludes halogenated alkanes) is 8. The fourth-order valence-electron chi connectivity index (χ4n) is 4.82. The molecule has 2 aromatic rings. The highest BCUT2D eigenvalue weighted by molar-refractivity contribution is 5.90. The second-order valence-electron chi connectivity index (χ2n) is 11.1. The molecule has 0 aliphatic carbocycles. The van der Waals surface area contributed by atoms with Crippen molar-refractivity contribution in [3.63, 3.8) is 0 Å². The number of carboxylic acid groups (broad SMARTS) is 1. The molecular weight excluding hydrogens is 514 g/mol. The molecule has 224 valence electrons. The fraction of sp³-hybridized carbons (Fsp3) is 0.514. The van der Waals surface area contributed by atoms with E-state index in [2.05, 4.69) is 24.4 Å². The molecule has 0 radical (unpaired) electrons. The van der Waals surface area contributed by atoms with E-state index >= 15 is 0 Å². The Balaban J connectivity index is 1.73. The van der Waals surface area contributed by atoms with E-state index in [-0.39, 0.29) is 0 Å². The number of carboxylic acids is 1. The van der Waals surface area contributed by atoms with Gasteiger partial charge in [0.05, 0.1) is 5.92 Å². The molecule has 0 saturated heterocycles. The van der Waals surface area contributed by atoms with Crippen LogP contribution in [-0.2, 0) is 20.8 Å². The second kappa shape index (κ2) is 19.0. The number of amides is 1. The summed E-state index contributed by atoms with van der Waals surface area (Å²) in [6, 6.07) is 18.2. The van der Waals surface area contributed by atoms with Crippen molar-refractivity contribution in [2.45, 2.75) is 103 Å². The molecule has 0 unspecified atom stereocenters. The van der Waals surface area contributed by atoms with Gasteiger partial charge in [-0.25, -0.2) is 4.79 Å². The Morgan fingerprint density at radius 1 is 0.829 bits per heavy atom. The van der Waals surface area contributed by atoms with Gasteiger partial charge in [-0.05, 0) is 55.7 Å². The zero-order valence-corrected chi connectivity index (χ0v) is 24.9. The third-order valence-electron chi connectivity index (χ3n) is 7.56. The van der Waals surface area contributed by atoms with Crippen LogP contribution in [0.4, 0.5) is 0 Å². The third-order valence-corrected chi connectivity index (χ3v) is 7.56. The van der Waals surface area contributed by atoms with Crippen molar-refractivity contribution in [2.75, 3.05) is 6.54 Å². The second-order valence-corrected chi connectivity index (χ2v) is 11.1. The maximum Gasteiger partial charge on any atom is 0.336 e. The summed E-state index contributed by atoms with van der Waals surface area (Å²) in [7, 11) is 0. The summed E-state index contributed by atoms with van der Waals surface area (Å²) in [6.45, 7) is 3.68. The number of nitrogens with one attached hydrogen (secondary N) is 1. The van der Waals surface area contributed by atoms with E-state index in [0.29, 0.717) is 38.0 Å². The van der Waals surface area contributed by atoms with Gasteiger partial charge in [0.2, 0.25) is 5.91 Å². The molecule has 0 heterocycles. The minimum Gasteiger partial charge on any atom is -0.479 e. The number of allylic oxidation sites excluding steroid dienone is 1. The molecule has 0 aromatic heterocycles. The van der Waals surface area contributed by atoms with E-state index in [4.69, 9.17) is 0 Å². The molecule has 0 saturated carbocycles. The van der Waals surface area contributed by atoms with Gasteiger partial charge >= 0.3 is 5.97 Å². The van der Waals surface area contributed by atoms with Gasteiger partial charge < -0.3 is 15.5 Å². The highest BCUT2D eigenvalue weighted by atomic mass is 16.4. The molecule has 6 heteroatoms. The van der Waals surface area contributed by atoms with Crippen LogP contribution in [0, 0.1) is 5.92 Å². The average Bonchev–Trinajstić information content (AvgIpc) is 2.96. The predicted octanol–water partition coefficient (Wildman–Crippen LogP) is 7.29. The van der Waals surface area contributed by atoms with Gasteiger partial charge in [0, 0.05) is 19.4 Å². The number of hydrogen-bond donors (Lipinski definition) is 3. The lowest BCUT2D eigenvalue weighted by atomic mass is 9.87. The van der Waals surface area contributed by atoms with Gasteiger partial charge in [0.1, 0.15) is 5.78 Å². The SMILES string of the molecule is CCCCCCCC(=O)CCCCCC/C=C/[C@H](C(=O)NCCc1ccc(-c2ccccc2)cc1)[C@](C)(O)C(=O)O. The van der Waals surface area contributed by atoms with Gasteiger partial charge in [-0.1, -0.05) is 112 Å². The first-order valence-electron chi connectivity index (χ1n) is 15.3. The lowest BCUT2D eigenvalue weighted by Crippen LogP contribution is -2.49. The third kappa shape index (κ3) is 12.9. The molecule has 6 nitrogen and oxygen atoms in total. The Morgan fingerprint density at radius 3 is 2.02 bits per heavy atom. The van der Waals surface area contributed by atoms with Gasteiger partial charge in [-0.15, -0.1) is 0 Å². The number of rotatable bonds is 21. The zero-order valence-electron chi connectivity index (χ0n) is 24.9. The van der Waals surface area contributed by atoms with Crippen LogP contribution >= 0.6 is 0 Å². The van der Waals surface area contributed by atoms with Crippen LogP contribution in [-0.4, -0.2) is 40.0 Å². The largest absolute Gasteiger partial charge is 0.479 e. The van der Waals surface area contributed by atoms with Crippen molar-refractivity contribution in [1.29, 1.82) is 0 Å². The summed E-state index contributed by atoms with van der Waals surface area (Å²) in [6.07, 6.45) is 15.4. The summed E-state index contributed by atoms with van der Waals surface area (Å²) >= 11 is 0. The van der Waals surface area contributed by atoms with E-state index in [1.54, 1.807) is 6.08 Å². The molecule has 2 atom stereocenters. The van der Waals surface area contributed by atoms with Crippen LogP contribution in [0.1, 0.15) is 96.5 Å². The highest BCUT2D eigenvalue weighted by Gasteiger charge is 2.42. The van der Waals surface area contributed by atoms with Gasteiger partial charge in [0.15, 0.2) is 5.60 Å². The lowest BCUT2D eigenvalue weighted by molar-refractivity contribution is -0.163. The van der Waals surface area contributed by atoms with Crippen molar-refractivity contribution < 1.29 is 24.6 Å². The lowest BCUT2D eigenvalue weighted by Gasteiger charge is -2.25. The number of benzene rings is 2. The van der Waals surface area contributed by atoms with Crippen LogP contribution < -0.4 is 5.32 Å². The smallest absolute Gasteiger partial charge is 0.336 e. The number of aliphatic hydroxyl groups is 1. The molecule has 0 bridgehead atoms. The maximum absolute atomic E-state index is 12.9. The molecule has 2 aromatic carbocycles. The van der Waals surface area contributed by atoms with Crippen LogP contribution in [0.15, 0.2) is 66.7 Å². The molecule has 0 fully saturated rings. The summed E-state index contributed by atoms with van der Waals surface area (Å²) in [5.74, 6) is -2.79. The fourth-order valence-corrected chi connectivity index (χ4v) is 4.82. The number of carbonyl (C=O) groups excluding carboxylic acids is 2. The number of ketones is 1. The maximum atomic E-state index is 12.9. The number of Topliss-reactive ketones (excluding diaryl/α,β-unsaturated/α-hetero) is 1. The Labute approximate surface area is 246 Å². The van der Waals surface area contributed by atoms with E-state index in [9.17, 15) is 24.6 Å². The zero-order chi connectivity index (χ0) is 29.9. The summed E-state index contributed by atoms with van der Waals surface area (Å²) in [4.78, 5) is 36.6. The van der Waals surface area contributed by atoms with Gasteiger partial charge in [-0.3, -0.25) is 9.59 Å². The van der Waals surface area contributed by atoms with Crippen LogP contribution in [0.5, 0.6) is 0 Å². The molecule has 0 aliphatic rings. The molecular formula is C35H49NO5. The van der Waals surface area contributed by atoms with Crippen LogP contribution in [0.3, 0.4) is 0 Å². The van der Waals surface area contributed by atoms with Crippen molar-refractivity contribution in [3.8, 4) is 11.1 Å². The Morgan fingerprint density at radius 2 is 1.41 bits per heavy atom. The Hall–Kier alpha value is -3.25. The van der Waals surface area contributed by atoms with E-state index in [1.807, 2.05) is 42.5 Å². The molecule has 0 aliphatic heterocycles. The summed E-state index contributed by atoms with van der Waals surface area (Å²) < 4.78 is 0. The topological polar surface area (TPSA) is 104 Å². The summed E-state index contributed by atoms with van der Waals surface area (Å²) in [5, 5.41) is 22.9. The van der Waals surface area contributed by atoms with Crippen molar-refractivity contribution in [3.05, 3.63) is 72.3 Å². The van der Waals surface area contributed by atoms with Gasteiger partial charge in [0.25, 0.3) is 0 Å². The van der Waals surface area contributed by atoms with E-state index in [0.717, 1.165) is 62.1 Å². The summed E-state index contributed by atoms with van der Waals surface area (Å²) in [5.41, 5.74) is 1.09. The Bertz CT molecular complexity index is 1080. The number of hydrogen-bond acceptors (Lipinski definition) is 4. The molecule has 1 amide bonds. The Kier molecular flexibility index (Phi) is 15.7. The quantitative estimate of drug-likeness (QED) is 0.109. The average molecular weight is 564 g/mol. The molecule has 0 spiro atoms. The van der Waals surface area contributed by atoms with Gasteiger partial charge in [-0.2, -0.15) is 0 Å². The van der Waals surface area contributed by atoms with Crippen molar-refractivity contribution >= 4 is 17.7 Å². The monoisotopic (exact) mass is 563 g/mol. The molecule has 3 N–H and O–H groups in total. The standard InChI is InChI=1S/C35H49NO5/c1-3-4-5-8-14-19-31(37)20-15-9-6-7-10-16-21-32(35(2,41)34(39)40)33(38)36-27-26-28-22-24-30(25-23-28)29-17-12-11-13-18-29/h11-13,16-18,21-25,32,41H,3-10,14-15,19-20,26-27H2,1-2H3,(H,36,38)(H,39,40)/b21-16+/t32-,35+/m1/s1. The van der Waals surface area contributed by atoms with E-state index < -0.39 is 23.4 Å².